The molecule has 0 saturated carbocycles. The molecular formula is C2H4N2Si4. The van der Waals surface area contributed by atoms with E-state index in [0.717, 1.165) is 13.1 Å². The lowest BCUT2D eigenvalue weighted by molar-refractivity contribution is 0.592. The molecule has 0 aliphatic carbocycles. The van der Waals surface area contributed by atoms with Gasteiger partial charge >= 0.3 is 0 Å². The van der Waals surface area contributed by atoms with Crippen molar-refractivity contribution in [3.8, 4) is 0 Å². The summed E-state index contributed by atoms with van der Waals surface area (Å²) in [5.41, 5.74) is 0. The summed E-state index contributed by atoms with van der Waals surface area (Å²) in [5, 5.41) is 0. The van der Waals surface area contributed by atoms with Gasteiger partial charge in [-0.25, -0.2) is 0 Å². The van der Waals surface area contributed by atoms with Gasteiger partial charge in [0, 0.05) is 0 Å². The summed E-state index contributed by atoms with van der Waals surface area (Å²) in [5.74, 6) is 0. The molecule has 12 radical (unpaired) electrons. The van der Waals surface area contributed by atoms with Crippen LogP contribution in [0.15, 0.2) is 0 Å². The van der Waals surface area contributed by atoms with Gasteiger partial charge in [0.05, 0.1) is 0 Å². The van der Waals surface area contributed by atoms with Crippen molar-refractivity contribution in [3.63, 3.8) is 0 Å². The summed E-state index contributed by atoms with van der Waals surface area (Å²) < 4.78 is 3.46. The van der Waals surface area contributed by atoms with E-state index in [2.05, 4.69) is 41.6 Å². The Balaban J connectivity index is 2.93. The topological polar surface area (TPSA) is 6.48 Å². The minimum absolute atomic E-state index is 0.876. The molecule has 0 unspecified atom stereocenters. The van der Waals surface area contributed by atoms with Gasteiger partial charge in [0.1, 0.15) is 41.6 Å². The number of nitrogens with zero attached hydrogens (tertiary/aromatic N) is 2. The van der Waals surface area contributed by atoms with E-state index in [1.807, 2.05) is 0 Å². The van der Waals surface area contributed by atoms with Crippen LogP contribution < -0.4 is 0 Å². The Bertz CT molecular complexity index is 48.0. The van der Waals surface area contributed by atoms with Crippen molar-refractivity contribution in [1.82, 2.24) is 8.46 Å². The Morgan fingerprint density at radius 3 is 1.12 bits per heavy atom. The maximum absolute atomic E-state index is 3.23. The Morgan fingerprint density at radius 2 is 1.00 bits per heavy atom. The average molecular weight is 168 g/mol. The van der Waals surface area contributed by atoms with Crippen molar-refractivity contribution >= 4 is 41.6 Å². The van der Waals surface area contributed by atoms with Crippen LogP contribution in [-0.4, -0.2) is 63.2 Å². The number of rotatable bonds is 3. The van der Waals surface area contributed by atoms with Crippen molar-refractivity contribution in [1.29, 1.82) is 0 Å². The van der Waals surface area contributed by atoms with Crippen molar-refractivity contribution in [2.75, 3.05) is 13.1 Å². The lowest BCUT2D eigenvalue weighted by Crippen LogP contribution is -2.29. The highest BCUT2D eigenvalue weighted by Crippen LogP contribution is 1.72. The van der Waals surface area contributed by atoms with E-state index in [-0.39, 0.29) is 0 Å². The van der Waals surface area contributed by atoms with E-state index in [1.165, 1.54) is 0 Å². The van der Waals surface area contributed by atoms with Crippen LogP contribution in [0.1, 0.15) is 0 Å². The molecular weight excluding hydrogens is 164 g/mol. The Labute approximate surface area is 63.6 Å². The SMILES string of the molecule is [Si]N([Si])CCN([Si])[Si]. The molecule has 38 valence electrons. The third-order valence-corrected chi connectivity index (χ3v) is 1.44. The first-order chi connectivity index (χ1) is 3.63. The third-order valence-electron chi connectivity index (χ3n) is 0.547. The van der Waals surface area contributed by atoms with Crippen molar-refractivity contribution < 1.29 is 0 Å². The predicted molar refractivity (Wildman–Crippen MR) is 36.4 cm³/mol. The molecule has 0 bridgehead atoms. The van der Waals surface area contributed by atoms with Crippen LogP contribution in [0.4, 0.5) is 0 Å². The fraction of sp³-hybridized carbons (Fsp3) is 1.00. The number of hydrogen-bond donors (Lipinski definition) is 0. The molecule has 0 rings (SSSR count). The lowest BCUT2D eigenvalue weighted by atomic mass is 10.7. The average Bonchev–Trinajstić information content (AvgIpc) is 1.61. The Kier molecular flexibility index (Phi) is 5.10. The monoisotopic (exact) mass is 168 g/mol. The van der Waals surface area contributed by atoms with E-state index in [4.69, 9.17) is 0 Å². The minimum atomic E-state index is 0.876. The highest BCUT2D eigenvalue weighted by Gasteiger charge is 1.90. The van der Waals surface area contributed by atoms with E-state index in [9.17, 15) is 0 Å². The van der Waals surface area contributed by atoms with Crippen molar-refractivity contribution in [3.05, 3.63) is 0 Å². The van der Waals surface area contributed by atoms with E-state index < -0.39 is 0 Å². The van der Waals surface area contributed by atoms with Gasteiger partial charge < -0.3 is 8.46 Å². The van der Waals surface area contributed by atoms with Crippen molar-refractivity contribution in [2.24, 2.45) is 0 Å². The molecule has 0 spiro atoms. The van der Waals surface area contributed by atoms with Crippen LogP contribution in [0.2, 0.25) is 0 Å². The fourth-order valence-corrected chi connectivity index (χ4v) is 0.600. The summed E-state index contributed by atoms with van der Waals surface area (Å²) in [7, 11) is 12.9. The molecule has 0 aliphatic heterocycles. The van der Waals surface area contributed by atoms with Crippen LogP contribution in [0, 0.1) is 0 Å². The summed E-state index contributed by atoms with van der Waals surface area (Å²) >= 11 is 0. The van der Waals surface area contributed by atoms with Crippen LogP contribution in [0.5, 0.6) is 0 Å². The molecule has 0 N–H and O–H groups in total. The van der Waals surface area contributed by atoms with Gasteiger partial charge in [-0.05, 0) is 13.1 Å². The first-order valence-corrected chi connectivity index (χ1v) is 3.82. The molecule has 0 fully saturated rings. The maximum atomic E-state index is 3.23. The van der Waals surface area contributed by atoms with E-state index in [1.54, 1.807) is 8.46 Å². The quantitative estimate of drug-likeness (QED) is 0.447. The van der Waals surface area contributed by atoms with E-state index >= 15 is 0 Å². The molecule has 0 saturated heterocycles. The Hall–Kier alpha value is 0.788. The lowest BCUT2D eigenvalue weighted by Gasteiger charge is -2.13. The second-order valence-corrected chi connectivity index (χ2v) is 4.36. The van der Waals surface area contributed by atoms with Gasteiger partial charge in [-0.2, -0.15) is 0 Å². The van der Waals surface area contributed by atoms with Crippen LogP contribution in [-0.2, 0) is 0 Å². The molecule has 8 heavy (non-hydrogen) atoms. The van der Waals surface area contributed by atoms with Gasteiger partial charge in [0.15, 0.2) is 0 Å². The molecule has 0 aromatic heterocycles. The van der Waals surface area contributed by atoms with Crippen LogP contribution in [0.25, 0.3) is 0 Å². The molecule has 0 aliphatic rings. The molecule has 6 heteroatoms. The smallest absolute Gasteiger partial charge is 0.135 e. The fourth-order valence-electron chi connectivity index (χ4n) is 0.200. The summed E-state index contributed by atoms with van der Waals surface area (Å²) in [4.78, 5) is 0. The summed E-state index contributed by atoms with van der Waals surface area (Å²) in [6.07, 6.45) is 0. The zero-order valence-electron chi connectivity index (χ0n) is 4.31. The minimum Gasteiger partial charge on any atom is -0.351 e. The van der Waals surface area contributed by atoms with E-state index in [0.29, 0.717) is 0 Å². The Morgan fingerprint density at radius 1 is 0.750 bits per heavy atom. The maximum Gasteiger partial charge on any atom is 0.135 e. The zero-order chi connectivity index (χ0) is 6.57. The first kappa shape index (κ1) is 8.79. The van der Waals surface area contributed by atoms with Crippen LogP contribution in [0.3, 0.4) is 0 Å². The van der Waals surface area contributed by atoms with Crippen LogP contribution >= 0.6 is 0 Å². The molecule has 0 heterocycles. The second kappa shape index (κ2) is 4.65. The summed E-state index contributed by atoms with van der Waals surface area (Å²) in [6, 6.07) is 0. The molecule has 0 aromatic rings. The van der Waals surface area contributed by atoms with Gasteiger partial charge in [0.2, 0.25) is 0 Å². The zero-order valence-corrected chi connectivity index (χ0v) is 8.31. The van der Waals surface area contributed by atoms with Gasteiger partial charge in [-0.15, -0.1) is 0 Å². The highest BCUT2D eigenvalue weighted by atomic mass is 28.2. The molecule has 0 aromatic carbocycles. The summed E-state index contributed by atoms with van der Waals surface area (Å²) in [6.45, 7) is 1.75. The van der Waals surface area contributed by atoms with Gasteiger partial charge in [0.25, 0.3) is 0 Å². The number of hydrogen-bond acceptors (Lipinski definition) is 2. The van der Waals surface area contributed by atoms with Gasteiger partial charge in [-0.1, -0.05) is 0 Å². The first-order valence-electron chi connectivity index (χ1n) is 2.03. The molecule has 0 atom stereocenters. The molecule has 2 nitrogen and oxygen atoms in total. The normalized spacial score (nSPS) is 11.2. The van der Waals surface area contributed by atoms with Crippen molar-refractivity contribution in [2.45, 2.75) is 0 Å². The largest absolute Gasteiger partial charge is 0.351 e. The highest BCUT2D eigenvalue weighted by molar-refractivity contribution is 6.26. The molecule has 0 amide bonds. The second-order valence-electron chi connectivity index (χ2n) is 1.30. The third kappa shape index (κ3) is 6.79. The standard InChI is InChI=1S/C2H4N2Si4/c5-3(6)1-2-4(7)8/h1-2H2. The van der Waals surface area contributed by atoms with Gasteiger partial charge in [-0.3, -0.25) is 0 Å². The predicted octanol–water partition coefficient (Wildman–Crippen LogP) is -2.08.